The van der Waals surface area contributed by atoms with E-state index < -0.39 is 0 Å². The Labute approximate surface area is 71.4 Å². The number of nitrogens with two attached hydrogens (primary N) is 1. The molecule has 3 heteroatoms. The molecule has 1 aromatic heterocycles. The predicted molar refractivity (Wildman–Crippen MR) is 49.5 cm³/mol. The highest BCUT2D eigenvalue weighted by molar-refractivity contribution is 7.80. The lowest BCUT2D eigenvalue weighted by atomic mass is 10.2. The second-order valence-corrected chi connectivity index (χ2v) is 2.69. The molecular formula is C8H10N2S. The largest absolute Gasteiger partial charge is 0.389 e. The summed E-state index contributed by atoms with van der Waals surface area (Å²) in [4.78, 5) is 4.56. The van der Waals surface area contributed by atoms with E-state index >= 15 is 0 Å². The standard InChI is InChI=1S/C8H10N2S/c1-2-7-5-6(8(9)11)3-4-10-7/h3-5H,2H2,1H3,(H2,9,11)/i8+1,9+1,11+1. The minimum atomic E-state index is 0.433. The van der Waals surface area contributed by atoms with Gasteiger partial charge in [-0.3, -0.25) is 4.98 Å². The molecule has 0 spiro atoms. The Morgan fingerprint density at radius 3 is 3.00 bits per heavy atom. The Balaban J connectivity index is 3.01. The SMILES string of the molecule is CCc1cc([13C]([15NH2])=[33S])ccn1. The highest BCUT2D eigenvalue weighted by Crippen LogP contribution is 2.01. The zero-order chi connectivity index (χ0) is 8.27. The van der Waals surface area contributed by atoms with Gasteiger partial charge in [-0.2, -0.15) is 0 Å². The molecule has 0 aliphatic carbocycles. The molecule has 0 saturated heterocycles. The van der Waals surface area contributed by atoms with E-state index in [2.05, 4.69) is 4.98 Å². The van der Waals surface area contributed by atoms with Gasteiger partial charge in [-0.25, -0.2) is 0 Å². The lowest BCUT2D eigenvalue weighted by Crippen LogP contribution is -2.09. The zero-order valence-corrected chi connectivity index (χ0v) is 7.19. The van der Waals surface area contributed by atoms with Crippen LogP contribution in [0.1, 0.15) is 18.2 Å². The Kier molecular flexibility index (Phi) is 2.54. The average Bonchev–Trinajstić information content (AvgIpc) is 2.05. The minimum Gasteiger partial charge on any atom is -0.389 e. The quantitative estimate of drug-likeness (QED) is 0.411. The van der Waals surface area contributed by atoms with E-state index in [0.717, 1.165) is 17.7 Å². The van der Waals surface area contributed by atoms with Crippen LogP contribution in [0.25, 0.3) is 0 Å². The van der Waals surface area contributed by atoms with Gasteiger partial charge in [0.25, 0.3) is 0 Å². The van der Waals surface area contributed by atoms with Crippen LogP contribution in [0.2, 0.25) is 0 Å². The maximum absolute atomic E-state index is 5.44. The van der Waals surface area contributed by atoms with Crippen molar-refractivity contribution in [2.24, 2.45) is 5.73 Å². The van der Waals surface area contributed by atoms with Crippen LogP contribution in [0.5, 0.6) is 0 Å². The molecule has 0 atom stereocenters. The van der Waals surface area contributed by atoms with Crippen LogP contribution in [0.15, 0.2) is 18.3 Å². The van der Waals surface area contributed by atoms with Crippen molar-refractivity contribution in [2.75, 3.05) is 0 Å². The fourth-order valence-electron chi connectivity index (χ4n) is 0.825. The van der Waals surface area contributed by atoms with Gasteiger partial charge in [-0.05, 0) is 18.6 Å². The summed E-state index contributed by atoms with van der Waals surface area (Å²) in [6.45, 7) is 2.05. The molecule has 0 aliphatic heterocycles. The molecule has 0 unspecified atom stereocenters. The highest BCUT2D eigenvalue weighted by Gasteiger charge is 1.96. The number of aromatic nitrogens is 1. The molecule has 0 aromatic carbocycles. The summed E-state index contributed by atoms with van der Waals surface area (Å²) in [7, 11) is 0. The van der Waals surface area contributed by atoms with Crippen LogP contribution in [-0.2, 0) is 6.42 Å². The third kappa shape index (κ3) is 1.98. The molecule has 2 N–H and O–H groups in total. The molecular weight excluding hydrogens is 159 g/mol. The van der Waals surface area contributed by atoms with Crippen molar-refractivity contribution >= 4 is 17.2 Å². The van der Waals surface area contributed by atoms with E-state index in [1.54, 1.807) is 6.20 Å². The molecule has 0 radical (unpaired) electrons. The summed E-state index contributed by atoms with van der Waals surface area (Å²) in [5, 5.41) is 0. The topological polar surface area (TPSA) is 38.9 Å². The van der Waals surface area contributed by atoms with Gasteiger partial charge in [0.1, 0.15) is 4.99 Å². The average molecular weight is 169 g/mol. The van der Waals surface area contributed by atoms with Crippen molar-refractivity contribution in [3.05, 3.63) is 29.6 Å². The zero-order valence-electron chi connectivity index (χ0n) is 6.37. The van der Waals surface area contributed by atoms with Gasteiger partial charge < -0.3 is 5.73 Å². The molecule has 1 aromatic rings. The lowest BCUT2D eigenvalue weighted by molar-refractivity contribution is 1.03. The summed E-state index contributed by atoms with van der Waals surface area (Å²) in [6.07, 6.45) is 2.64. The fraction of sp³-hybridized carbons (Fsp3) is 0.250. The van der Waals surface area contributed by atoms with Crippen molar-refractivity contribution in [1.29, 1.82) is 0 Å². The molecule has 0 bridgehead atoms. The summed E-state index contributed by atoms with van der Waals surface area (Å²) in [6, 6.07) is 3.74. The van der Waals surface area contributed by atoms with Crippen LogP contribution < -0.4 is 5.73 Å². The van der Waals surface area contributed by atoms with Crippen LogP contribution in [0.4, 0.5) is 0 Å². The molecule has 0 fully saturated rings. The monoisotopic (exact) mass is 169 g/mol. The van der Waals surface area contributed by atoms with Crippen molar-refractivity contribution in [2.45, 2.75) is 13.3 Å². The van der Waals surface area contributed by atoms with Gasteiger partial charge in [0.2, 0.25) is 0 Å². The Bertz CT molecular complexity index is 271. The summed E-state index contributed by atoms with van der Waals surface area (Å²) >= 11 is 4.82. The number of hydrogen-bond donors (Lipinski definition) is 1. The van der Waals surface area contributed by atoms with Crippen molar-refractivity contribution < 1.29 is 0 Å². The number of hydrogen-bond acceptors (Lipinski definition) is 2. The number of pyridine rings is 1. The first-order valence-corrected chi connectivity index (χ1v) is 3.89. The highest BCUT2D eigenvalue weighted by atomic mass is 33.0. The normalized spacial score (nSPS) is 9.55. The van der Waals surface area contributed by atoms with Crippen LogP contribution in [0.3, 0.4) is 0 Å². The maximum Gasteiger partial charge on any atom is 0.104 e. The van der Waals surface area contributed by atoms with Crippen molar-refractivity contribution in [1.82, 2.24) is 4.98 Å². The Morgan fingerprint density at radius 1 is 1.73 bits per heavy atom. The van der Waals surface area contributed by atoms with Gasteiger partial charge in [-0.15, -0.1) is 0 Å². The maximum atomic E-state index is 5.44. The van der Waals surface area contributed by atoms with E-state index in [0.29, 0.717) is 4.99 Å². The first-order chi connectivity index (χ1) is 5.24. The number of rotatable bonds is 2. The summed E-state index contributed by atoms with van der Waals surface area (Å²) in [5.74, 6) is 0. The predicted octanol–water partition coefficient (Wildman–Crippen LogP) is 1.28. The van der Waals surface area contributed by atoms with E-state index in [4.69, 9.17) is 18.0 Å². The molecule has 1 heterocycles. The third-order valence-corrected chi connectivity index (χ3v) is 1.70. The summed E-state index contributed by atoms with van der Waals surface area (Å²) in [5.41, 5.74) is 7.36. The van der Waals surface area contributed by atoms with Gasteiger partial charge in [0, 0.05) is 17.5 Å². The molecule has 58 valence electrons. The van der Waals surface area contributed by atoms with Crippen LogP contribution in [0, 0.1) is 0 Å². The first-order valence-electron chi connectivity index (χ1n) is 3.48. The molecule has 0 amide bonds. The van der Waals surface area contributed by atoms with E-state index in [1.165, 1.54) is 0 Å². The molecule has 0 saturated carbocycles. The molecule has 11 heavy (non-hydrogen) atoms. The molecule has 0 aliphatic rings. The van der Waals surface area contributed by atoms with E-state index in [1.807, 2.05) is 19.1 Å². The van der Waals surface area contributed by atoms with Crippen molar-refractivity contribution in [3.8, 4) is 0 Å². The second kappa shape index (κ2) is 3.44. The van der Waals surface area contributed by atoms with Gasteiger partial charge in [-0.1, -0.05) is 19.1 Å². The van der Waals surface area contributed by atoms with Crippen LogP contribution >= 0.6 is 12.2 Å². The number of thiocarbonyl (C=S) groups is 1. The molecule has 1 rings (SSSR count). The minimum absolute atomic E-state index is 0.433. The van der Waals surface area contributed by atoms with E-state index in [9.17, 15) is 0 Å². The number of nitrogens with zero attached hydrogens (tertiary/aromatic N) is 1. The smallest absolute Gasteiger partial charge is 0.104 e. The van der Waals surface area contributed by atoms with E-state index in [-0.39, 0.29) is 0 Å². The third-order valence-electron chi connectivity index (χ3n) is 1.46. The van der Waals surface area contributed by atoms with Gasteiger partial charge >= 0.3 is 0 Å². The van der Waals surface area contributed by atoms with Gasteiger partial charge in [0.05, 0.1) is 0 Å². The van der Waals surface area contributed by atoms with Crippen LogP contribution in [-0.4, -0.2) is 9.97 Å². The number of aryl methyl sites for hydroxylation is 1. The Hall–Kier alpha value is -0.960. The fourth-order valence-corrected chi connectivity index (χ4v) is 0.952. The lowest BCUT2D eigenvalue weighted by Gasteiger charge is -1.99. The van der Waals surface area contributed by atoms with Gasteiger partial charge in [0.15, 0.2) is 0 Å². The Morgan fingerprint density at radius 2 is 2.45 bits per heavy atom. The second-order valence-electron chi connectivity index (χ2n) is 2.25. The van der Waals surface area contributed by atoms with Crippen molar-refractivity contribution in [3.63, 3.8) is 0 Å². The summed E-state index contributed by atoms with van der Waals surface area (Å²) < 4.78 is 0. The molecule has 2 nitrogen and oxygen atoms in total. The first kappa shape index (κ1) is 8.14.